The fraction of sp³-hybridized carbons (Fsp3) is 0. The summed E-state index contributed by atoms with van der Waals surface area (Å²) < 4.78 is 5.50. The monoisotopic (exact) mass is 296 g/mol. The third-order valence-electron chi connectivity index (χ3n) is 2.73. The van der Waals surface area contributed by atoms with Crippen molar-refractivity contribution in [3.63, 3.8) is 0 Å². The Hall–Kier alpha value is -2.84. The number of nitrogens with one attached hydrogen (secondary N) is 1. The van der Waals surface area contributed by atoms with E-state index in [0.29, 0.717) is 16.1 Å². The van der Waals surface area contributed by atoms with Crippen molar-refractivity contribution in [2.45, 2.75) is 0 Å². The topological polar surface area (TPSA) is 74.2 Å². The van der Waals surface area contributed by atoms with Crippen LogP contribution in [0.1, 0.15) is 5.89 Å². The number of hydrogen-bond acceptors (Lipinski definition) is 5. The van der Waals surface area contributed by atoms with Crippen molar-refractivity contribution in [2.75, 3.05) is 5.43 Å². The summed E-state index contributed by atoms with van der Waals surface area (Å²) in [5, 5.41) is 13.8. The van der Waals surface area contributed by atoms with Crippen molar-refractivity contribution >= 4 is 34.1 Å². The normalized spacial score (nSPS) is 11.3. The molecule has 102 valence electrons. The second-order valence-electron chi connectivity index (χ2n) is 4.18. The molecule has 1 heterocycles. The molecule has 1 N–H and O–H groups in total. The molecule has 0 radical (unpaired) electrons. The Bertz CT molecular complexity index is 849. The first-order valence-corrected chi connectivity index (χ1v) is 6.49. The summed E-state index contributed by atoms with van der Waals surface area (Å²) in [4.78, 5) is 4.21. The lowest BCUT2D eigenvalue weighted by Crippen LogP contribution is -2.01. The van der Waals surface area contributed by atoms with Gasteiger partial charge in [-0.1, -0.05) is 29.8 Å². The van der Waals surface area contributed by atoms with Gasteiger partial charge in [0, 0.05) is 5.02 Å². The molecule has 0 fully saturated rings. The average Bonchev–Trinajstić information content (AvgIpc) is 2.92. The highest BCUT2D eigenvalue weighted by atomic mass is 35.5. The standard InChI is InChI=1S/C15H9ClN4O/c16-10-6-7-14-12(8-10)18-15(21-14)13(9-17)20-19-11-4-2-1-3-5-11/h1-8,19H/b20-13+. The highest BCUT2D eigenvalue weighted by Crippen LogP contribution is 2.20. The Morgan fingerprint density at radius 3 is 2.81 bits per heavy atom. The van der Waals surface area contributed by atoms with Crippen LogP contribution in [-0.4, -0.2) is 10.7 Å². The first kappa shape index (κ1) is 13.2. The predicted octanol–water partition coefficient (Wildman–Crippen LogP) is 3.82. The molecule has 6 heteroatoms. The third kappa shape index (κ3) is 2.86. The van der Waals surface area contributed by atoms with Crippen molar-refractivity contribution < 1.29 is 4.42 Å². The van der Waals surface area contributed by atoms with Gasteiger partial charge in [-0.3, -0.25) is 5.43 Å². The van der Waals surface area contributed by atoms with Crippen molar-refractivity contribution in [1.82, 2.24) is 4.98 Å². The zero-order chi connectivity index (χ0) is 14.7. The number of benzene rings is 2. The molecular weight excluding hydrogens is 288 g/mol. The van der Waals surface area contributed by atoms with Gasteiger partial charge in [-0.2, -0.15) is 10.4 Å². The molecule has 0 spiro atoms. The van der Waals surface area contributed by atoms with Crippen LogP contribution in [0.4, 0.5) is 5.69 Å². The number of oxazole rings is 1. The lowest BCUT2D eigenvalue weighted by Gasteiger charge is -1.98. The van der Waals surface area contributed by atoms with Gasteiger partial charge in [0.1, 0.15) is 11.6 Å². The fourth-order valence-electron chi connectivity index (χ4n) is 1.76. The molecule has 0 saturated heterocycles. The van der Waals surface area contributed by atoms with E-state index in [1.54, 1.807) is 18.2 Å². The number of hydrogen-bond donors (Lipinski definition) is 1. The molecule has 0 saturated carbocycles. The van der Waals surface area contributed by atoms with Crippen LogP contribution in [0.5, 0.6) is 0 Å². The maximum Gasteiger partial charge on any atom is 0.259 e. The minimum absolute atomic E-state index is 0.0613. The molecule has 3 rings (SSSR count). The van der Waals surface area contributed by atoms with Gasteiger partial charge in [-0.25, -0.2) is 4.98 Å². The zero-order valence-corrected chi connectivity index (χ0v) is 11.5. The van der Waals surface area contributed by atoms with E-state index in [1.807, 2.05) is 36.4 Å². The number of anilines is 1. The number of para-hydroxylation sites is 1. The van der Waals surface area contributed by atoms with E-state index < -0.39 is 0 Å². The Morgan fingerprint density at radius 2 is 2.05 bits per heavy atom. The maximum absolute atomic E-state index is 9.19. The van der Waals surface area contributed by atoms with Crippen LogP contribution in [-0.2, 0) is 0 Å². The number of halogens is 1. The number of nitriles is 1. The molecule has 0 unspecified atom stereocenters. The summed E-state index contributed by atoms with van der Waals surface area (Å²) in [5.41, 5.74) is 4.75. The Labute approximate surface area is 125 Å². The second-order valence-corrected chi connectivity index (χ2v) is 4.62. The van der Waals surface area contributed by atoms with Crippen LogP contribution >= 0.6 is 11.6 Å². The lowest BCUT2D eigenvalue weighted by atomic mass is 10.3. The van der Waals surface area contributed by atoms with E-state index in [9.17, 15) is 5.26 Å². The summed E-state index contributed by atoms with van der Waals surface area (Å²) in [6.45, 7) is 0. The number of hydrazone groups is 1. The van der Waals surface area contributed by atoms with Gasteiger partial charge in [-0.05, 0) is 30.3 Å². The van der Waals surface area contributed by atoms with Crippen LogP contribution < -0.4 is 5.43 Å². The van der Waals surface area contributed by atoms with E-state index in [-0.39, 0.29) is 11.6 Å². The van der Waals surface area contributed by atoms with Gasteiger partial charge in [0.05, 0.1) is 5.69 Å². The number of nitrogens with zero attached hydrogens (tertiary/aromatic N) is 3. The number of fused-ring (bicyclic) bond motifs is 1. The summed E-state index contributed by atoms with van der Waals surface area (Å²) >= 11 is 5.89. The highest BCUT2D eigenvalue weighted by molar-refractivity contribution is 6.31. The van der Waals surface area contributed by atoms with Gasteiger partial charge >= 0.3 is 0 Å². The SMILES string of the molecule is N#C/C(=N\Nc1ccccc1)c1nc2cc(Cl)ccc2o1. The van der Waals surface area contributed by atoms with Crippen LogP contribution in [0.3, 0.4) is 0 Å². The van der Waals surface area contributed by atoms with E-state index >= 15 is 0 Å². The summed E-state index contributed by atoms with van der Waals surface area (Å²) in [6.07, 6.45) is 0. The fourth-order valence-corrected chi connectivity index (χ4v) is 1.92. The molecule has 2 aromatic carbocycles. The molecule has 21 heavy (non-hydrogen) atoms. The van der Waals surface area contributed by atoms with Crippen molar-refractivity contribution in [2.24, 2.45) is 5.10 Å². The third-order valence-corrected chi connectivity index (χ3v) is 2.96. The Kier molecular flexibility index (Phi) is 3.54. The summed E-state index contributed by atoms with van der Waals surface area (Å²) in [7, 11) is 0. The minimum Gasteiger partial charge on any atom is -0.434 e. The van der Waals surface area contributed by atoms with Gasteiger partial charge < -0.3 is 4.42 Å². The van der Waals surface area contributed by atoms with Crippen molar-refractivity contribution in [3.8, 4) is 6.07 Å². The van der Waals surface area contributed by atoms with Crippen LogP contribution in [0.15, 0.2) is 58.0 Å². The van der Waals surface area contributed by atoms with E-state index in [2.05, 4.69) is 15.5 Å². The average molecular weight is 297 g/mol. The first-order valence-electron chi connectivity index (χ1n) is 6.11. The smallest absolute Gasteiger partial charge is 0.259 e. The quantitative estimate of drug-likeness (QED) is 0.589. The molecule has 0 atom stereocenters. The van der Waals surface area contributed by atoms with E-state index in [0.717, 1.165) is 5.69 Å². The van der Waals surface area contributed by atoms with Crippen LogP contribution in [0.2, 0.25) is 5.02 Å². The van der Waals surface area contributed by atoms with Crippen LogP contribution in [0.25, 0.3) is 11.1 Å². The predicted molar refractivity (Wildman–Crippen MR) is 81.2 cm³/mol. The number of rotatable bonds is 3. The molecule has 0 bridgehead atoms. The minimum atomic E-state index is 0.0613. The summed E-state index contributed by atoms with van der Waals surface area (Å²) in [5.74, 6) is 0.151. The molecule has 3 aromatic rings. The van der Waals surface area contributed by atoms with Gasteiger partial charge in [-0.15, -0.1) is 0 Å². The van der Waals surface area contributed by atoms with Gasteiger partial charge in [0.25, 0.3) is 5.89 Å². The highest BCUT2D eigenvalue weighted by Gasteiger charge is 2.12. The molecule has 1 aromatic heterocycles. The maximum atomic E-state index is 9.19. The molecule has 5 nitrogen and oxygen atoms in total. The number of aromatic nitrogens is 1. The van der Waals surface area contributed by atoms with Gasteiger partial charge in [0.15, 0.2) is 5.58 Å². The second kappa shape index (κ2) is 5.65. The molecular formula is C15H9ClN4O. The van der Waals surface area contributed by atoms with Crippen LogP contribution in [0, 0.1) is 11.3 Å². The zero-order valence-electron chi connectivity index (χ0n) is 10.7. The molecule has 0 amide bonds. The first-order chi connectivity index (χ1) is 10.3. The Morgan fingerprint density at radius 1 is 1.24 bits per heavy atom. The van der Waals surface area contributed by atoms with E-state index in [4.69, 9.17) is 16.0 Å². The molecule has 0 aliphatic carbocycles. The summed E-state index contributed by atoms with van der Waals surface area (Å²) in [6, 6.07) is 16.3. The molecule has 0 aliphatic rings. The lowest BCUT2D eigenvalue weighted by molar-refractivity contribution is 0.591. The molecule has 0 aliphatic heterocycles. The Balaban J connectivity index is 1.93. The van der Waals surface area contributed by atoms with Crippen molar-refractivity contribution in [3.05, 3.63) is 59.4 Å². The van der Waals surface area contributed by atoms with E-state index in [1.165, 1.54) is 0 Å². The van der Waals surface area contributed by atoms with Gasteiger partial charge in [0.2, 0.25) is 5.71 Å². The van der Waals surface area contributed by atoms with Crippen molar-refractivity contribution in [1.29, 1.82) is 5.26 Å². The largest absolute Gasteiger partial charge is 0.434 e.